The number of nitrogens with one attached hydrogen (secondary N) is 2. The zero-order valence-corrected chi connectivity index (χ0v) is 45.4. The van der Waals surface area contributed by atoms with Gasteiger partial charge in [0.15, 0.2) is 0 Å². The summed E-state index contributed by atoms with van der Waals surface area (Å²) in [6.07, 6.45) is 8.07. The molecule has 2 N–H and O–H groups in total. The lowest BCUT2D eigenvalue weighted by Gasteiger charge is -2.42. The summed E-state index contributed by atoms with van der Waals surface area (Å²) >= 11 is 0. The van der Waals surface area contributed by atoms with E-state index in [1.807, 2.05) is 33.0 Å². The highest BCUT2D eigenvalue weighted by Gasteiger charge is 2.47. The number of esters is 1. The van der Waals surface area contributed by atoms with Crippen LogP contribution in [0.4, 0.5) is 0 Å². The number of hydrogen-bond acceptors (Lipinski definition) is 10. The first kappa shape index (κ1) is 49.9. The highest BCUT2D eigenvalue weighted by Crippen LogP contribution is 2.42. The predicted molar refractivity (Wildman–Crippen MR) is 268 cm³/mol. The van der Waals surface area contributed by atoms with E-state index < -0.39 is 39.6 Å². The van der Waals surface area contributed by atoms with Gasteiger partial charge in [0.05, 0.1) is 29.1 Å². The Hall–Kier alpha value is -4.95. The van der Waals surface area contributed by atoms with Crippen LogP contribution in [0.25, 0.3) is 27.7 Å². The summed E-state index contributed by atoms with van der Waals surface area (Å²) in [5, 5.41) is 3.95. The molecular formula is C50H72N8O7Si2. The van der Waals surface area contributed by atoms with Gasteiger partial charge in [-0.3, -0.25) is 38.9 Å². The van der Waals surface area contributed by atoms with Crippen LogP contribution in [0.15, 0.2) is 55.3 Å². The van der Waals surface area contributed by atoms with Crippen molar-refractivity contribution in [2.24, 2.45) is 11.3 Å². The van der Waals surface area contributed by atoms with E-state index in [0.717, 1.165) is 57.5 Å². The number of carbonyl (C=O) groups excluding carboxylic acids is 5. The molecule has 3 aromatic rings. The predicted octanol–water partition coefficient (Wildman–Crippen LogP) is 2.74. The second-order valence-corrected chi connectivity index (χ2v) is 24.4. The van der Waals surface area contributed by atoms with Crippen molar-refractivity contribution >= 4 is 66.6 Å². The molecule has 1 aromatic carbocycles. The van der Waals surface area contributed by atoms with E-state index in [0.29, 0.717) is 72.3 Å². The summed E-state index contributed by atoms with van der Waals surface area (Å²) in [5.74, 6) is -1.85. The summed E-state index contributed by atoms with van der Waals surface area (Å²) in [6.45, 7) is 19.2. The standard InChI is InChI=1S/C50H72N8O7Si2/c1-10-40(59)56-24-20-49(66,29-56)46(62)54(8)42(31(3)4)44(60)52-38-28-55-22-13-15-34(27-55)33-17-18-39-36(25-33)37(43(57(39)11-2)35-16-12-21-51-41(35)32(5)64-9)26-48(6,7)30-65-47(63)50(67)19-14-23-58(53-50)45(38)61/h10,12,15-18,21,25,31-32,38,42,53H,1,11,13-14,19-20,22-24,26-30H2,2-9,66-67H3,(H,52,60)/t32-,38-,42-,49?,50-/m0/s1. The van der Waals surface area contributed by atoms with Gasteiger partial charge in [-0.05, 0) is 98.9 Å². The van der Waals surface area contributed by atoms with E-state index in [1.165, 1.54) is 16.0 Å². The quantitative estimate of drug-likeness (QED) is 0.176. The maximum atomic E-state index is 14.9. The minimum atomic E-state index is -1.07. The highest BCUT2D eigenvalue weighted by molar-refractivity contribution is 6.29. The number of ether oxygens (including phenoxy) is 2. The summed E-state index contributed by atoms with van der Waals surface area (Å²) in [7, 11) is 4.21. The Kier molecular flexibility index (Phi) is 14.9. The third-order valence-corrected chi connectivity index (χ3v) is 16.9. The molecule has 15 nitrogen and oxygen atoms in total. The van der Waals surface area contributed by atoms with Crippen molar-refractivity contribution in [1.82, 2.24) is 40.0 Å². The molecule has 17 heteroatoms. The van der Waals surface area contributed by atoms with Gasteiger partial charge in [0, 0.05) is 109 Å². The molecule has 0 spiro atoms. The lowest BCUT2D eigenvalue weighted by atomic mass is 9.84. The van der Waals surface area contributed by atoms with E-state index in [4.69, 9.17) is 14.5 Å². The number of likely N-dealkylation sites (tertiary alicyclic amines) is 1. The van der Waals surface area contributed by atoms with Crippen molar-refractivity contribution in [3.63, 3.8) is 0 Å². The second kappa shape index (κ2) is 20.0. The van der Waals surface area contributed by atoms with Gasteiger partial charge in [0.2, 0.25) is 17.7 Å². The smallest absolute Gasteiger partial charge is 0.323 e. The molecule has 4 amide bonds. The highest BCUT2D eigenvalue weighted by atomic mass is 28.1. The van der Waals surface area contributed by atoms with E-state index in [2.05, 4.69) is 77.9 Å². The van der Waals surface area contributed by atoms with Crippen LogP contribution in [0.1, 0.15) is 90.2 Å². The number of cyclic esters (lactones) is 1. The number of aromatic nitrogens is 2. The molecule has 7 rings (SSSR count). The van der Waals surface area contributed by atoms with Gasteiger partial charge < -0.3 is 29.2 Å². The van der Waals surface area contributed by atoms with Gasteiger partial charge in [-0.25, -0.2) is 5.43 Å². The minimum Gasteiger partial charge on any atom is -0.464 e. The zero-order valence-electron chi connectivity index (χ0n) is 41.4. The molecule has 6 bridgehead atoms. The number of hydrazine groups is 1. The molecule has 0 radical (unpaired) electrons. The van der Waals surface area contributed by atoms with E-state index in [-0.39, 0.29) is 49.4 Å². The molecule has 4 aliphatic rings. The third-order valence-electron chi connectivity index (χ3n) is 14.5. The number of pyridine rings is 1. The fourth-order valence-electron chi connectivity index (χ4n) is 10.7. The Labute approximate surface area is 401 Å². The molecular weight excluding hydrogens is 881 g/mol. The molecule has 0 aliphatic carbocycles. The first-order chi connectivity index (χ1) is 31.7. The number of amides is 4. The second-order valence-electron chi connectivity index (χ2n) is 20.8. The molecule has 6 atom stereocenters. The van der Waals surface area contributed by atoms with Crippen LogP contribution in [-0.4, -0.2) is 157 Å². The number of aryl methyl sites for hydroxylation is 1. The molecule has 2 fully saturated rings. The van der Waals surface area contributed by atoms with Crippen LogP contribution >= 0.6 is 0 Å². The number of hydrogen-bond donors (Lipinski definition) is 2. The molecule has 2 aromatic heterocycles. The number of rotatable bonds is 10. The van der Waals surface area contributed by atoms with Crippen LogP contribution in [-0.2, 0) is 46.4 Å². The first-order valence-corrected chi connectivity index (χ1v) is 26.0. The Morgan fingerprint density at radius 3 is 2.58 bits per heavy atom. The van der Waals surface area contributed by atoms with Crippen LogP contribution in [0.2, 0.25) is 5.04 Å². The largest absolute Gasteiger partial charge is 0.464 e. The number of nitrogens with zero attached hydrogens (tertiary/aromatic N) is 6. The van der Waals surface area contributed by atoms with Gasteiger partial charge in [0.25, 0.3) is 5.91 Å². The van der Waals surface area contributed by atoms with E-state index >= 15 is 0 Å². The van der Waals surface area contributed by atoms with E-state index in [1.54, 1.807) is 19.1 Å². The number of fused-ring (bicyclic) bond motifs is 6. The van der Waals surface area contributed by atoms with Gasteiger partial charge >= 0.3 is 5.97 Å². The molecule has 2 unspecified atom stereocenters. The summed E-state index contributed by atoms with van der Waals surface area (Å²) in [4.78, 5) is 80.9. The van der Waals surface area contributed by atoms with Crippen LogP contribution in [0, 0.1) is 11.3 Å². The SMILES string of the molecule is C=CC(=O)N1CCC([SiH3])(C(=O)N(C)[C@H](C(=O)N[C@H]2CN3CCC=C(C3)c3ccc4c(c3)c(c(-c3cccnc3[C@H](C)OC)n4CC)CC(C)(C)COC(=O)[C@@]3([SiH3])CCCN(N3)C2=O)C(C)C)C1. The molecule has 362 valence electrons. The minimum absolute atomic E-state index is 0.156. The summed E-state index contributed by atoms with van der Waals surface area (Å²) < 4.78 is 14.5. The van der Waals surface area contributed by atoms with Crippen molar-refractivity contribution in [2.75, 3.05) is 60.0 Å². The van der Waals surface area contributed by atoms with Crippen molar-refractivity contribution in [1.29, 1.82) is 0 Å². The molecule has 0 saturated carbocycles. The topological polar surface area (TPSA) is 159 Å². The summed E-state index contributed by atoms with van der Waals surface area (Å²) in [5.41, 5.74) is 10.2. The Balaban J connectivity index is 1.27. The first-order valence-electron chi connectivity index (χ1n) is 24.0. The maximum Gasteiger partial charge on any atom is 0.323 e. The van der Waals surface area contributed by atoms with Gasteiger partial charge in [-0.1, -0.05) is 46.4 Å². The number of likely N-dealkylation sites (N-methyl/N-ethyl adjacent to an activating group) is 1. The van der Waals surface area contributed by atoms with Crippen LogP contribution in [0.3, 0.4) is 0 Å². The third kappa shape index (κ3) is 10.1. The number of benzene rings is 1. The van der Waals surface area contributed by atoms with Crippen LogP contribution in [0.5, 0.6) is 0 Å². The number of carbonyl (C=O) groups is 5. The maximum absolute atomic E-state index is 14.9. The fourth-order valence-corrected chi connectivity index (χ4v) is 12.5. The van der Waals surface area contributed by atoms with Gasteiger partial charge in [-0.2, -0.15) is 0 Å². The molecule has 2 saturated heterocycles. The van der Waals surface area contributed by atoms with Gasteiger partial charge in [-0.15, -0.1) is 0 Å². The zero-order chi connectivity index (χ0) is 48.6. The fraction of sp³-hybridized carbons (Fsp3) is 0.560. The average molecular weight is 953 g/mol. The monoisotopic (exact) mass is 953 g/mol. The molecule has 6 heterocycles. The van der Waals surface area contributed by atoms with Gasteiger partial charge in [0.1, 0.15) is 17.2 Å². The Morgan fingerprint density at radius 2 is 1.88 bits per heavy atom. The molecule has 4 aliphatic heterocycles. The Bertz CT molecular complexity index is 2450. The molecule has 67 heavy (non-hydrogen) atoms. The van der Waals surface area contributed by atoms with E-state index in [9.17, 15) is 24.0 Å². The lowest BCUT2D eigenvalue weighted by molar-refractivity contribution is -0.158. The average Bonchev–Trinajstić information content (AvgIpc) is 3.86. The lowest BCUT2D eigenvalue weighted by Crippen LogP contribution is -2.68. The van der Waals surface area contributed by atoms with Crippen molar-refractivity contribution in [3.05, 3.63) is 72.1 Å². The Morgan fingerprint density at radius 1 is 1.12 bits per heavy atom. The van der Waals surface area contributed by atoms with Crippen LogP contribution < -0.4 is 10.7 Å². The summed E-state index contributed by atoms with van der Waals surface area (Å²) in [6, 6.07) is 8.87. The normalized spacial score (nSPS) is 25.6. The van der Waals surface area contributed by atoms with Crippen molar-refractivity contribution < 1.29 is 33.4 Å². The van der Waals surface area contributed by atoms with Crippen molar-refractivity contribution in [2.45, 2.75) is 109 Å². The number of methoxy groups -OCH3 is 1. The van der Waals surface area contributed by atoms with Crippen molar-refractivity contribution in [3.8, 4) is 11.3 Å².